The third-order valence-electron chi connectivity index (χ3n) is 9.76. The Morgan fingerprint density at radius 2 is 1.06 bits per heavy atom. The van der Waals surface area contributed by atoms with E-state index in [2.05, 4.69) is 21.3 Å². The maximum atomic E-state index is 12.6. The molecule has 51 heavy (non-hydrogen) atoms. The fraction of sp³-hybridized carbons (Fsp3) is 0.333. The van der Waals surface area contributed by atoms with Crippen LogP contribution in [0.3, 0.4) is 0 Å². The molecule has 0 unspecified atom stereocenters. The Morgan fingerprint density at radius 1 is 0.647 bits per heavy atom. The van der Waals surface area contributed by atoms with E-state index in [1.54, 1.807) is 12.1 Å². The Kier molecular flexibility index (Phi) is 10.4. The minimum Gasteiger partial charge on any atom is -0.367 e. The van der Waals surface area contributed by atoms with Crippen molar-refractivity contribution in [3.05, 3.63) is 141 Å². The third-order valence-corrected chi connectivity index (χ3v) is 10.0. The predicted octanol–water partition coefficient (Wildman–Crippen LogP) is 6.51. The second kappa shape index (κ2) is 15.1. The minimum absolute atomic E-state index is 0.0213. The highest BCUT2D eigenvalue weighted by atomic mass is 35.5. The number of benzene rings is 4. The number of nitrogens with one attached hydrogen (secondary N) is 4. The molecule has 8 nitrogen and oxygen atoms in total. The summed E-state index contributed by atoms with van der Waals surface area (Å²) in [6, 6.07) is 27.9. The number of hydrogen-bond donors (Lipinski definition) is 4. The Bertz CT molecular complexity index is 1820. The number of carbonyl (C=O) groups excluding carboxylic acids is 2. The van der Waals surface area contributed by atoms with E-state index in [1.165, 1.54) is 12.1 Å². The Labute approximate surface area is 299 Å². The summed E-state index contributed by atoms with van der Waals surface area (Å²) in [4.78, 5) is 24.5. The molecule has 0 saturated carbocycles. The van der Waals surface area contributed by atoms with Gasteiger partial charge in [0.25, 0.3) is 11.8 Å². The van der Waals surface area contributed by atoms with Crippen molar-refractivity contribution in [1.82, 2.24) is 21.3 Å². The largest absolute Gasteiger partial charge is 0.416 e. The van der Waals surface area contributed by atoms with Crippen molar-refractivity contribution in [2.75, 3.05) is 13.1 Å². The van der Waals surface area contributed by atoms with E-state index < -0.39 is 11.7 Å². The smallest absolute Gasteiger partial charge is 0.367 e. The second-order valence-corrected chi connectivity index (χ2v) is 13.7. The zero-order valence-electron chi connectivity index (χ0n) is 27.6. The van der Waals surface area contributed by atoms with E-state index in [0.717, 1.165) is 54.8 Å². The molecule has 12 heteroatoms. The zero-order chi connectivity index (χ0) is 35.5. The first kappa shape index (κ1) is 35.2. The molecule has 8 rings (SSSR count). The highest BCUT2D eigenvalue weighted by Gasteiger charge is 2.42. The number of hydrogen-bond acceptors (Lipinski definition) is 6. The molecule has 4 N–H and O–H groups in total. The van der Waals surface area contributed by atoms with E-state index in [9.17, 15) is 22.8 Å². The van der Waals surface area contributed by atoms with Crippen LogP contribution in [0.1, 0.15) is 73.6 Å². The van der Waals surface area contributed by atoms with Gasteiger partial charge in [-0.2, -0.15) is 13.2 Å². The lowest BCUT2D eigenvalue weighted by atomic mass is 10.0. The molecule has 4 aromatic rings. The van der Waals surface area contributed by atoms with Gasteiger partial charge in [0, 0.05) is 54.4 Å². The van der Waals surface area contributed by atoms with E-state index in [0.29, 0.717) is 46.4 Å². The van der Waals surface area contributed by atoms with Crippen molar-refractivity contribution >= 4 is 23.4 Å². The summed E-state index contributed by atoms with van der Waals surface area (Å²) < 4.78 is 49.6. The number of morpholine rings is 2. The Morgan fingerprint density at radius 3 is 1.41 bits per heavy atom. The summed E-state index contributed by atoms with van der Waals surface area (Å²) in [5.74, 6) is -0.350. The maximum Gasteiger partial charge on any atom is 0.416 e. The van der Waals surface area contributed by atoms with Gasteiger partial charge in [0.1, 0.15) is 0 Å². The highest BCUT2D eigenvalue weighted by molar-refractivity contribution is 6.30. The first-order valence-electron chi connectivity index (χ1n) is 17.0. The first-order valence-corrected chi connectivity index (χ1v) is 17.4. The molecule has 0 aromatic heterocycles. The highest BCUT2D eigenvalue weighted by Crippen LogP contribution is 2.38. The van der Waals surface area contributed by atoms with E-state index >= 15 is 0 Å². The summed E-state index contributed by atoms with van der Waals surface area (Å²) in [5.41, 5.74) is 4.24. The normalized spacial score (nSPS) is 24.5. The zero-order valence-corrected chi connectivity index (χ0v) is 28.3. The van der Waals surface area contributed by atoms with Gasteiger partial charge in [-0.25, -0.2) is 0 Å². The van der Waals surface area contributed by atoms with E-state index in [4.69, 9.17) is 21.1 Å². The molecule has 0 radical (unpaired) electrons. The minimum atomic E-state index is -4.36. The number of ether oxygens (including phenoxy) is 2. The van der Waals surface area contributed by atoms with Gasteiger partial charge in [-0.1, -0.05) is 60.1 Å². The molecule has 4 fully saturated rings. The lowest BCUT2D eigenvalue weighted by Crippen LogP contribution is -2.34. The molecule has 4 bridgehead atoms. The van der Waals surface area contributed by atoms with Crippen LogP contribution in [0.4, 0.5) is 13.2 Å². The van der Waals surface area contributed by atoms with Gasteiger partial charge < -0.3 is 30.7 Å². The molecule has 0 spiro atoms. The predicted molar refractivity (Wildman–Crippen MR) is 186 cm³/mol. The average molecular weight is 719 g/mol. The van der Waals surface area contributed by atoms with Gasteiger partial charge in [0.2, 0.25) is 0 Å². The van der Waals surface area contributed by atoms with Crippen LogP contribution in [0, 0.1) is 0 Å². The molecular formula is C39H38ClF3N4O4. The average Bonchev–Trinajstić information content (AvgIpc) is 3.98. The Hall–Kier alpha value is -4.26. The standard InChI is InChI=1S/C20H19F3N2O2.C19H19ClN2O2/c21-20(22,23)15-7-1-12(2-8-15)10-25-19(26)14-5-3-13(4-6-14)18-17-9-16(27-18)11-24-17;20-15-7-1-12(2-8-15)10-22-19(23)14-5-3-13(4-6-14)18-17-9-16(24-18)11-21-17/h1-8,16-18,24H,9-11H2,(H,25,26);1-8,16-18,21H,9-11H2,(H,22,23)/t2*16-,17-,18+/m00/s1. The van der Waals surface area contributed by atoms with Gasteiger partial charge in [-0.15, -0.1) is 0 Å². The van der Waals surface area contributed by atoms with Crippen molar-refractivity contribution in [2.45, 2.75) is 68.6 Å². The summed E-state index contributed by atoms with van der Waals surface area (Å²) in [5, 5.41) is 13.2. The van der Waals surface area contributed by atoms with Crippen LogP contribution >= 0.6 is 11.6 Å². The van der Waals surface area contributed by atoms with Gasteiger partial charge in [0.15, 0.2) is 0 Å². The van der Waals surface area contributed by atoms with Crippen LogP contribution in [0.2, 0.25) is 5.02 Å². The number of alkyl halides is 3. The fourth-order valence-electron chi connectivity index (χ4n) is 6.99. The van der Waals surface area contributed by atoms with Crippen LogP contribution in [0.5, 0.6) is 0 Å². The SMILES string of the molecule is O=C(NCc1ccc(C(F)(F)F)cc1)c1ccc([C@H]2O[C@@H]3CN[C@H]2C3)cc1.O=C(NCc1ccc(Cl)cc1)c1ccc([C@H]2O[C@@H]3CN[C@H]2C3)cc1. The van der Waals surface area contributed by atoms with Crippen LogP contribution in [0.25, 0.3) is 0 Å². The third kappa shape index (κ3) is 8.45. The van der Waals surface area contributed by atoms with Gasteiger partial charge in [0.05, 0.1) is 30.0 Å². The van der Waals surface area contributed by atoms with Gasteiger partial charge in [-0.3, -0.25) is 9.59 Å². The monoisotopic (exact) mass is 718 g/mol. The summed E-state index contributed by atoms with van der Waals surface area (Å²) in [6.45, 7) is 2.49. The number of halogens is 4. The molecule has 4 aliphatic rings. The molecule has 2 amide bonds. The van der Waals surface area contributed by atoms with Gasteiger partial charge in [-0.05, 0) is 83.6 Å². The lowest BCUT2D eigenvalue weighted by molar-refractivity contribution is -0.137. The summed E-state index contributed by atoms with van der Waals surface area (Å²) in [7, 11) is 0. The lowest BCUT2D eigenvalue weighted by Gasteiger charge is -2.23. The Balaban J connectivity index is 0.000000160. The molecule has 6 atom stereocenters. The van der Waals surface area contributed by atoms with Crippen LogP contribution < -0.4 is 21.3 Å². The topological polar surface area (TPSA) is 101 Å². The van der Waals surface area contributed by atoms with Crippen LogP contribution in [-0.4, -0.2) is 49.2 Å². The molecule has 4 saturated heterocycles. The van der Waals surface area contributed by atoms with E-state index in [1.807, 2.05) is 60.7 Å². The number of amides is 2. The molecule has 0 aliphatic carbocycles. The number of carbonyl (C=O) groups is 2. The van der Waals surface area contributed by atoms with Crippen LogP contribution in [0.15, 0.2) is 97.1 Å². The quantitative estimate of drug-likeness (QED) is 0.166. The summed E-state index contributed by atoms with van der Waals surface area (Å²) in [6.07, 6.45) is -1.53. The molecule has 266 valence electrons. The number of fused-ring (bicyclic) bond motifs is 4. The second-order valence-electron chi connectivity index (χ2n) is 13.3. The van der Waals surface area contributed by atoms with Crippen molar-refractivity contribution in [3.63, 3.8) is 0 Å². The van der Waals surface area contributed by atoms with Crippen molar-refractivity contribution in [2.24, 2.45) is 0 Å². The van der Waals surface area contributed by atoms with E-state index in [-0.39, 0.29) is 36.7 Å². The number of rotatable bonds is 8. The molecule has 4 heterocycles. The van der Waals surface area contributed by atoms with Gasteiger partial charge >= 0.3 is 6.18 Å². The maximum absolute atomic E-state index is 12.6. The summed E-state index contributed by atoms with van der Waals surface area (Å²) >= 11 is 5.86. The first-order chi connectivity index (χ1) is 24.6. The van der Waals surface area contributed by atoms with Crippen LogP contribution in [-0.2, 0) is 28.7 Å². The van der Waals surface area contributed by atoms with Crippen molar-refractivity contribution in [3.8, 4) is 0 Å². The van der Waals surface area contributed by atoms with Crippen molar-refractivity contribution in [1.29, 1.82) is 0 Å². The molecule has 4 aromatic carbocycles. The molecule has 4 aliphatic heterocycles. The van der Waals surface area contributed by atoms with Crippen molar-refractivity contribution < 1.29 is 32.2 Å². The fourth-order valence-corrected chi connectivity index (χ4v) is 7.12. The molecular weight excluding hydrogens is 681 g/mol.